The van der Waals surface area contributed by atoms with E-state index in [1.54, 1.807) is 22.5 Å². The average Bonchev–Trinajstić information content (AvgIpc) is 3.07. The zero-order valence-corrected chi connectivity index (χ0v) is 44.1. The second kappa shape index (κ2) is 59.1. The van der Waals surface area contributed by atoms with Crippen molar-refractivity contribution in [1.82, 2.24) is 3.90 Å². The topological polar surface area (TPSA) is 124 Å². The molecule has 0 unspecified atom stereocenters. The first kappa shape index (κ1) is 60.1. The van der Waals surface area contributed by atoms with Crippen LogP contribution in [0.2, 0.25) is 4.44 Å². The molecule has 0 fully saturated rings. The molecule has 51 heavy (non-hydrogen) atoms. The van der Waals surface area contributed by atoms with E-state index in [1.165, 1.54) is 183 Å². The molecule has 0 radical (unpaired) electrons. The first-order valence-corrected chi connectivity index (χ1v) is 26.0. The van der Waals surface area contributed by atoms with Gasteiger partial charge in [0.1, 0.15) is 0 Å². The summed E-state index contributed by atoms with van der Waals surface area (Å²) < 4.78 is 3.85. The Labute approximate surface area is 341 Å². The number of carboxylic acids is 3. The third-order valence-electron chi connectivity index (χ3n) is 7.98. The van der Waals surface area contributed by atoms with Gasteiger partial charge in [-0.05, 0) is 38.5 Å². The van der Waals surface area contributed by atoms with Crippen LogP contribution in [0, 0.1) is 0 Å². The maximum atomic E-state index is 10.1. The molecule has 0 atom stereocenters. The van der Waals surface area contributed by atoms with Crippen molar-refractivity contribution in [2.24, 2.45) is 0 Å². The maximum absolute atomic E-state index is 10.1. The van der Waals surface area contributed by atoms with Crippen molar-refractivity contribution >= 4 is 71.6 Å². The first-order valence-electron chi connectivity index (χ1n) is 21.3. The number of hydrogen-bond donors (Lipinski definition) is 0. The van der Waals surface area contributed by atoms with Gasteiger partial charge in [0.25, 0.3) is 0 Å². The van der Waals surface area contributed by atoms with Gasteiger partial charge in [-0.2, -0.15) is 0 Å². The summed E-state index contributed by atoms with van der Waals surface area (Å²) in [7, 11) is 3.92. The van der Waals surface area contributed by atoms with E-state index in [1.807, 2.05) is 0 Å². The number of rotatable bonds is 32. The molecule has 0 aromatic carbocycles. The number of hydrogen-bond acceptors (Lipinski definition) is 7. The molecule has 0 N–H and O–H groups in total. The van der Waals surface area contributed by atoms with Crippen LogP contribution < -0.4 is 15.3 Å². The van der Waals surface area contributed by atoms with Crippen LogP contribution in [-0.2, 0) is 14.4 Å². The summed E-state index contributed by atoms with van der Waals surface area (Å²) in [4.78, 5) is 30.3. The molecule has 0 spiro atoms. The molecule has 304 valence electrons. The Morgan fingerprint density at radius 1 is 0.373 bits per heavy atom. The van der Waals surface area contributed by atoms with Gasteiger partial charge in [0.2, 0.25) is 0 Å². The minimum Gasteiger partial charge on any atom is -0.390 e. The van der Waals surface area contributed by atoms with Gasteiger partial charge in [0.05, 0.1) is 31.2 Å². The molecule has 0 aliphatic rings. The first-order chi connectivity index (χ1) is 24.5. The molecule has 0 bridgehead atoms. The smallest absolute Gasteiger partial charge is 0.0625 e. The molecule has 0 aromatic rings. The molecule has 0 saturated carbocycles. The second-order valence-corrected chi connectivity index (χ2v) is 26.5. The van der Waals surface area contributed by atoms with E-state index in [-0.39, 0.29) is 19.3 Å². The van der Waals surface area contributed by atoms with Crippen molar-refractivity contribution < 1.29 is 29.7 Å². The van der Waals surface area contributed by atoms with Gasteiger partial charge >= 0.3 is 46.7 Å². The third kappa shape index (κ3) is 94.0. The van der Waals surface area contributed by atoms with Crippen molar-refractivity contribution in [3.05, 3.63) is 0 Å². The zero-order chi connectivity index (χ0) is 39.6. The molecule has 7 nitrogen and oxygen atoms in total. The van der Waals surface area contributed by atoms with E-state index in [4.69, 9.17) is 0 Å². The summed E-state index contributed by atoms with van der Waals surface area (Å²) in [6, 6.07) is 0. The van der Waals surface area contributed by atoms with Crippen LogP contribution in [0.1, 0.15) is 233 Å². The molecule has 11 heteroatoms. The van der Waals surface area contributed by atoms with Crippen molar-refractivity contribution in [2.45, 2.75) is 238 Å². The Kier molecular flexibility index (Phi) is 69.6. The zero-order valence-electron chi connectivity index (χ0n) is 35.2. The predicted octanol–water partition coefficient (Wildman–Crippen LogP) is 5.47. The fourth-order valence-corrected chi connectivity index (χ4v) is 5.93. The normalized spacial score (nSPS) is 10.3. The van der Waals surface area contributed by atoms with Crippen LogP contribution in [0.25, 0.3) is 0 Å². The van der Waals surface area contributed by atoms with E-state index in [9.17, 15) is 29.7 Å². The van der Waals surface area contributed by atoms with Crippen LogP contribution in [0.3, 0.4) is 0 Å². The van der Waals surface area contributed by atoms with E-state index in [0.29, 0.717) is 0 Å². The fraction of sp³-hybridized carbons (Fsp3) is 0.925. The van der Waals surface area contributed by atoms with Gasteiger partial charge in [0.15, 0.2) is 0 Å². The number of unbranched alkanes of at least 4 members (excludes halogenated alkanes) is 25. The van der Waals surface area contributed by atoms with Crippen molar-refractivity contribution in [3.63, 3.8) is 0 Å². The monoisotopic (exact) mass is 881 g/mol. The maximum Gasteiger partial charge on any atom is 0.0625 e. The van der Waals surface area contributed by atoms with E-state index in [0.717, 1.165) is 38.5 Å². The standard InChI is InChI=1S/3C12H24O2.C4H9.H9NSi3.Sn/c3*1-2-3-4-5-6-7-8-9-10-11-12(13)14;1-3-4-2;2-1(3)4;/h3*2-11H2,1H3,(H,13,14);1,3-4H2,2H3;2-4H3;/q;;;;;+3/p-3. The summed E-state index contributed by atoms with van der Waals surface area (Å²) in [5.41, 5.74) is 0. The van der Waals surface area contributed by atoms with Gasteiger partial charge < -0.3 is 33.6 Å². The Morgan fingerprint density at radius 2 is 0.529 bits per heavy atom. The Morgan fingerprint density at radius 3 is 0.647 bits per heavy atom. The number of aliphatic carboxylic acids is 3. The van der Waals surface area contributed by atoms with Crippen LogP contribution in [-0.4, -0.2) is 75.5 Å². The summed E-state index contributed by atoms with van der Waals surface area (Å²) >= 11 is 1.68. The molecule has 0 rings (SSSR count). The number of carbonyl (C=O) groups is 3. The van der Waals surface area contributed by atoms with Gasteiger partial charge in [-0.25, -0.2) is 0 Å². The third-order valence-corrected chi connectivity index (χ3v) is 8.99. The summed E-state index contributed by atoms with van der Waals surface area (Å²) in [5, 5.41) is 30.3. The van der Waals surface area contributed by atoms with Gasteiger partial charge in [-0.15, -0.1) is 0 Å². The molecular weight excluding hydrogens is 793 g/mol. The second-order valence-electron chi connectivity index (χ2n) is 14.3. The van der Waals surface area contributed by atoms with Crippen LogP contribution in [0.15, 0.2) is 0 Å². The van der Waals surface area contributed by atoms with Crippen LogP contribution >= 0.6 is 0 Å². The number of carboxylic acid groups (broad SMARTS) is 3. The minimum absolute atomic E-state index is 0.232. The van der Waals surface area contributed by atoms with Crippen molar-refractivity contribution in [2.75, 3.05) is 0 Å². The largest absolute Gasteiger partial charge is 0.390 e. The van der Waals surface area contributed by atoms with Gasteiger partial charge in [0, 0.05) is 17.9 Å². The molecule has 0 aromatic heterocycles. The van der Waals surface area contributed by atoms with Crippen molar-refractivity contribution in [3.8, 4) is 0 Å². The van der Waals surface area contributed by atoms with Gasteiger partial charge in [-0.3, -0.25) is 0 Å². The Balaban J connectivity index is -0.000000185. The average molecular weight is 881 g/mol. The Bertz CT molecular complexity index is 583. The molecule has 0 heterocycles. The SMILES string of the molecule is CCCCCCCCCCCC(=O)[O-].CCCCCCCCCCCC(=O)[O-].CCCCCCCCCCCC(=O)[O-].CCC[CH2][Sn+3].[SiH3]N([SiH3])[SiH3]. The van der Waals surface area contributed by atoms with Crippen LogP contribution in [0.4, 0.5) is 0 Å². The van der Waals surface area contributed by atoms with E-state index < -0.39 is 17.9 Å². The summed E-state index contributed by atoms with van der Waals surface area (Å²) in [6.45, 7) is 8.89. The van der Waals surface area contributed by atoms with E-state index in [2.05, 4.69) is 31.6 Å². The van der Waals surface area contributed by atoms with Crippen LogP contribution in [0.5, 0.6) is 0 Å². The number of carbonyl (C=O) groups excluding carboxylic acids is 3. The molecular formula is C40H87NO6Si3Sn. The quantitative estimate of drug-likeness (QED) is 0.0649. The molecule has 0 aliphatic heterocycles. The minimum atomic E-state index is -0.909. The number of nitrogens with zero attached hydrogens (tertiary/aromatic N) is 1. The van der Waals surface area contributed by atoms with Gasteiger partial charge in [-0.1, -0.05) is 175 Å². The summed E-state index contributed by atoms with van der Waals surface area (Å²) in [5.74, 6) is -2.73. The fourth-order valence-electron chi connectivity index (χ4n) is 4.92. The molecule has 0 saturated heterocycles. The van der Waals surface area contributed by atoms with Crippen molar-refractivity contribution in [1.29, 1.82) is 0 Å². The molecule has 0 amide bonds. The van der Waals surface area contributed by atoms with E-state index >= 15 is 0 Å². The Hall–Kier alpha value is -0.181. The predicted molar refractivity (Wildman–Crippen MR) is 228 cm³/mol. The summed E-state index contributed by atoms with van der Waals surface area (Å²) in [6.07, 6.45) is 36.3. The molecule has 0 aliphatic carbocycles.